The molecule has 1 aromatic carbocycles. The quantitative estimate of drug-likeness (QED) is 0.627. The van der Waals surface area contributed by atoms with Crippen LogP contribution in [0, 0.1) is 0 Å². The van der Waals surface area contributed by atoms with Crippen LogP contribution >= 0.6 is 11.6 Å². The van der Waals surface area contributed by atoms with Crippen molar-refractivity contribution in [3.8, 4) is 11.3 Å². The lowest BCUT2D eigenvalue weighted by molar-refractivity contribution is 0.631. The largest absolute Gasteiger partial charge is 0.456 e. The number of hydrogen-bond acceptors (Lipinski definition) is 2. The highest BCUT2D eigenvalue weighted by Crippen LogP contribution is 2.27. The SMILES string of the molecule is Clc1ccc(-c2cc3cnccc3o2)cc1. The summed E-state index contributed by atoms with van der Waals surface area (Å²) >= 11 is 5.84. The standard InChI is InChI=1S/C13H8ClNO/c14-11-3-1-9(2-4-11)13-7-10-8-15-6-5-12(10)16-13/h1-8H. The van der Waals surface area contributed by atoms with Gasteiger partial charge < -0.3 is 4.42 Å². The van der Waals surface area contributed by atoms with Crippen molar-refractivity contribution in [2.45, 2.75) is 0 Å². The Morgan fingerprint density at radius 2 is 1.88 bits per heavy atom. The van der Waals surface area contributed by atoms with E-state index < -0.39 is 0 Å². The highest BCUT2D eigenvalue weighted by molar-refractivity contribution is 6.30. The monoisotopic (exact) mass is 229 g/mol. The Hall–Kier alpha value is -1.80. The average Bonchev–Trinajstić information content (AvgIpc) is 2.73. The van der Waals surface area contributed by atoms with Gasteiger partial charge in [0, 0.05) is 28.4 Å². The molecule has 0 aliphatic heterocycles. The number of pyridine rings is 1. The van der Waals surface area contributed by atoms with Crippen LogP contribution in [0.5, 0.6) is 0 Å². The summed E-state index contributed by atoms with van der Waals surface area (Å²) in [7, 11) is 0. The zero-order valence-corrected chi connectivity index (χ0v) is 9.11. The summed E-state index contributed by atoms with van der Waals surface area (Å²) in [6, 6.07) is 11.4. The van der Waals surface area contributed by atoms with Gasteiger partial charge in [-0.05, 0) is 36.4 Å². The Labute approximate surface area is 97.5 Å². The first-order valence-electron chi connectivity index (χ1n) is 4.92. The molecule has 0 spiro atoms. The zero-order valence-electron chi connectivity index (χ0n) is 8.35. The summed E-state index contributed by atoms with van der Waals surface area (Å²) in [5.41, 5.74) is 1.86. The van der Waals surface area contributed by atoms with E-state index in [-0.39, 0.29) is 0 Å². The first-order chi connectivity index (χ1) is 7.83. The third-order valence-electron chi connectivity index (χ3n) is 2.45. The van der Waals surface area contributed by atoms with Gasteiger partial charge in [-0.1, -0.05) is 11.6 Å². The van der Waals surface area contributed by atoms with Gasteiger partial charge in [0.1, 0.15) is 11.3 Å². The third-order valence-corrected chi connectivity index (χ3v) is 2.70. The molecule has 0 radical (unpaired) electrons. The number of fused-ring (bicyclic) bond motifs is 1. The molecule has 3 aromatic rings. The van der Waals surface area contributed by atoms with Crippen LogP contribution in [0.25, 0.3) is 22.3 Å². The molecule has 0 atom stereocenters. The van der Waals surface area contributed by atoms with Gasteiger partial charge in [-0.25, -0.2) is 0 Å². The molecular weight excluding hydrogens is 222 g/mol. The molecule has 0 saturated heterocycles. The summed E-state index contributed by atoms with van der Waals surface area (Å²) < 4.78 is 5.71. The van der Waals surface area contributed by atoms with Gasteiger partial charge in [0.15, 0.2) is 0 Å². The molecule has 0 saturated carbocycles. The molecule has 2 heterocycles. The minimum atomic E-state index is 0.724. The lowest BCUT2D eigenvalue weighted by Gasteiger charge is -1.95. The van der Waals surface area contributed by atoms with E-state index in [1.54, 1.807) is 12.4 Å². The van der Waals surface area contributed by atoms with Gasteiger partial charge in [-0.15, -0.1) is 0 Å². The molecule has 2 aromatic heterocycles. The van der Waals surface area contributed by atoms with Crippen molar-refractivity contribution in [1.82, 2.24) is 4.98 Å². The first-order valence-corrected chi connectivity index (χ1v) is 5.30. The smallest absolute Gasteiger partial charge is 0.137 e. The predicted octanol–water partition coefficient (Wildman–Crippen LogP) is 4.15. The van der Waals surface area contributed by atoms with Gasteiger partial charge in [0.2, 0.25) is 0 Å². The molecule has 2 nitrogen and oxygen atoms in total. The van der Waals surface area contributed by atoms with Gasteiger partial charge in [-0.3, -0.25) is 4.98 Å². The van der Waals surface area contributed by atoms with E-state index in [9.17, 15) is 0 Å². The van der Waals surface area contributed by atoms with Crippen LogP contribution in [0.2, 0.25) is 5.02 Å². The summed E-state index contributed by atoms with van der Waals surface area (Å²) in [5.74, 6) is 0.833. The molecule has 0 bridgehead atoms. The van der Waals surface area contributed by atoms with Gasteiger partial charge in [0.25, 0.3) is 0 Å². The molecule has 0 amide bonds. The van der Waals surface area contributed by atoms with Crippen molar-refractivity contribution in [2.24, 2.45) is 0 Å². The number of rotatable bonds is 1. The van der Waals surface area contributed by atoms with Crippen molar-refractivity contribution >= 4 is 22.6 Å². The molecule has 0 aliphatic carbocycles. The van der Waals surface area contributed by atoms with Crippen molar-refractivity contribution in [1.29, 1.82) is 0 Å². The van der Waals surface area contributed by atoms with Crippen LogP contribution in [-0.4, -0.2) is 4.98 Å². The highest BCUT2D eigenvalue weighted by atomic mass is 35.5. The summed E-state index contributed by atoms with van der Waals surface area (Å²) in [6.07, 6.45) is 3.51. The normalized spacial score (nSPS) is 10.8. The zero-order chi connectivity index (χ0) is 11.0. The van der Waals surface area contributed by atoms with E-state index in [1.165, 1.54) is 0 Å². The Kier molecular flexibility index (Phi) is 2.15. The molecular formula is C13H8ClNO. The Morgan fingerprint density at radius 1 is 1.06 bits per heavy atom. The molecule has 0 fully saturated rings. The molecule has 3 rings (SSSR count). The van der Waals surface area contributed by atoms with Crippen molar-refractivity contribution in [3.63, 3.8) is 0 Å². The predicted molar refractivity (Wildman–Crippen MR) is 64.5 cm³/mol. The lowest BCUT2D eigenvalue weighted by atomic mass is 10.2. The topological polar surface area (TPSA) is 26.0 Å². The second kappa shape index (κ2) is 3.65. The van der Waals surface area contributed by atoms with Crippen molar-refractivity contribution in [3.05, 3.63) is 53.8 Å². The number of furan rings is 1. The molecule has 78 valence electrons. The first kappa shape index (κ1) is 9.43. The number of aromatic nitrogens is 1. The molecule has 0 aliphatic rings. The Bertz CT molecular complexity index is 595. The molecule has 0 unspecified atom stereocenters. The van der Waals surface area contributed by atoms with Crippen molar-refractivity contribution in [2.75, 3.05) is 0 Å². The third kappa shape index (κ3) is 1.57. The fraction of sp³-hybridized carbons (Fsp3) is 0. The van der Waals surface area contributed by atoms with E-state index in [1.807, 2.05) is 36.4 Å². The summed E-state index contributed by atoms with van der Waals surface area (Å²) in [4.78, 5) is 4.05. The second-order valence-electron chi connectivity index (χ2n) is 3.53. The van der Waals surface area contributed by atoms with Gasteiger partial charge in [0.05, 0.1) is 0 Å². The minimum Gasteiger partial charge on any atom is -0.456 e. The van der Waals surface area contributed by atoms with Crippen LogP contribution < -0.4 is 0 Å². The summed E-state index contributed by atoms with van der Waals surface area (Å²) in [5, 5.41) is 1.73. The van der Waals surface area contributed by atoms with Gasteiger partial charge >= 0.3 is 0 Å². The van der Waals surface area contributed by atoms with Crippen LogP contribution in [-0.2, 0) is 0 Å². The average molecular weight is 230 g/mol. The number of benzene rings is 1. The van der Waals surface area contributed by atoms with E-state index in [0.29, 0.717) is 0 Å². The molecule has 16 heavy (non-hydrogen) atoms. The Morgan fingerprint density at radius 3 is 2.62 bits per heavy atom. The summed E-state index contributed by atoms with van der Waals surface area (Å²) in [6.45, 7) is 0. The minimum absolute atomic E-state index is 0.724. The van der Waals surface area contributed by atoms with E-state index in [2.05, 4.69) is 4.98 Å². The van der Waals surface area contributed by atoms with E-state index in [0.717, 1.165) is 27.3 Å². The Balaban J connectivity index is 2.15. The number of hydrogen-bond donors (Lipinski definition) is 0. The number of halogens is 1. The fourth-order valence-corrected chi connectivity index (χ4v) is 1.77. The van der Waals surface area contributed by atoms with Crippen LogP contribution in [0.3, 0.4) is 0 Å². The molecule has 0 N–H and O–H groups in total. The van der Waals surface area contributed by atoms with E-state index in [4.69, 9.17) is 16.0 Å². The number of nitrogens with zero attached hydrogens (tertiary/aromatic N) is 1. The second-order valence-corrected chi connectivity index (χ2v) is 3.97. The maximum atomic E-state index is 5.84. The van der Waals surface area contributed by atoms with Crippen LogP contribution in [0.1, 0.15) is 0 Å². The highest BCUT2D eigenvalue weighted by Gasteiger charge is 2.05. The maximum Gasteiger partial charge on any atom is 0.137 e. The van der Waals surface area contributed by atoms with Crippen molar-refractivity contribution < 1.29 is 4.42 Å². The maximum absolute atomic E-state index is 5.84. The fourth-order valence-electron chi connectivity index (χ4n) is 1.64. The lowest BCUT2D eigenvalue weighted by Crippen LogP contribution is -1.71. The molecule has 3 heteroatoms. The van der Waals surface area contributed by atoms with Gasteiger partial charge in [-0.2, -0.15) is 0 Å². The van der Waals surface area contributed by atoms with E-state index >= 15 is 0 Å². The van der Waals surface area contributed by atoms with Crippen LogP contribution in [0.4, 0.5) is 0 Å². The van der Waals surface area contributed by atoms with Crippen LogP contribution in [0.15, 0.2) is 53.2 Å².